The molecular formula is C22H19N2+. The van der Waals surface area contributed by atoms with Gasteiger partial charge in [-0.15, -0.1) is 0 Å². The molecule has 0 fully saturated rings. The lowest BCUT2D eigenvalue weighted by Crippen LogP contribution is -2.31. The third-order valence-corrected chi connectivity index (χ3v) is 4.96. The maximum Gasteiger partial charge on any atom is 0.212 e. The van der Waals surface area contributed by atoms with Gasteiger partial charge < -0.3 is 0 Å². The van der Waals surface area contributed by atoms with Crippen LogP contribution in [0.25, 0.3) is 22.4 Å². The molecule has 0 N–H and O–H groups in total. The molecule has 0 radical (unpaired) electrons. The molecule has 1 aliphatic rings. The summed E-state index contributed by atoms with van der Waals surface area (Å²) in [6, 6.07) is 19.5. The van der Waals surface area contributed by atoms with Gasteiger partial charge in [0.25, 0.3) is 0 Å². The highest BCUT2D eigenvalue weighted by Gasteiger charge is 2.30. The van der Waals surface area contributed by atoms with E-state index in [1.54, 1.807) is 0 Å². The van der Waals surface area contributed by atoms with Gasteiger partial charge in [-0.05, 0) is 53.8 Å². The topological polar surface area (TPSA) is 27.7 Å². The first kappa shape index (κ1) is 14.7. The molecule has 24 heavy (non-hydrogen) atoms. The number of hydrogen-bond donors (Lipinski definition) is 0. The monoisotopic (exact) mass is 311 g/mol. The lowest BCUT2D eigenvalue weighted by molar-refractivity contribution is -0.660. The zero-order valence-electron chi connectivity index (χ0n) is 14.2. The van der Waals surface area contributed by atoms with E-state index >= 15 is 0 Å². The van der Waals surface area contributed by atoms with E-state index in [1.165, 1.54) is 33.5 Å². The first-order valence-electron chi connectivity index (χ1n) is 8.20. The maximum absolute atomic E-state index is 9.66. The van der Waals surface area contributed by atoms with E-state index in [4.69, 9.17) is 0 Å². The molecule has 2 heteroatoms. The average Bonchev–Trinajstić information content (AvgIpc) is 2.87. The van der Waals surface area contributed by atoms with E-state index < -0.39 is 0 Å². The van der Waals surface area contributed by atoms with Gasteiger partial charge in [0.1, 0.15) is 7.05 Å². The van der Waals surface area contributed by atoms with Gasteiger partial charge in [0.15, 0.2) is 6.20 Å². The molecule has 2 nitrogen and oxygen atoms in total. The fourth-order valence-corrected chi connectivity index (χ4v) is 3.80. The van der Waals surface area contributed by atoms with Crippen LogP contribution in [0.2, 0.25) is 0 Å². The fraction of sp³-hybridized carbons (Fsp3) is 0.182. The van der Waals surface area contributed by atoms with Gasteiger partial charge in [-0.25, -0.2) is 4.57 Å². The highest BCUT2D eigenvalue weighted by molar-refractivity contribution is 5.84. The number of nitrogens with zero attached hydrogens (tertiary/aromatic N) is 2. The third kappa shape index (κ3) is 2.06. The molecule has 1 aromatic heterocycles. The van der Waals surface area contributed by atoms with Crippen LogP contribution < -0.4 is 4.57 Å². The Morgan fingerprint density at radius 2 is 1.71 bits per heavy atom. The summed E-state index contributed by atoms with van der Waals surface area (Å²) >= 11 is 0. The molecule has 0 amide bonds. The minimum atomic E-state index is -0.157. The number of fused-ring (bicyclic) bond motifs is 3. The molecule has 0 spiro atoms. The summed E-state index contributed by atoms with van der Waals surface area (Å²) < 4.78 is 2.17. The molecule has 2 aromatic carbocycles. The van der Waals surface area contributed by atoms with Gasteiger partial charge >= 0.3 is 0 Å². The van der Waals surface area contributed by atoms with E-state index in [0.29, 0.717) is 0 Å². The minimum absolute atomic E-state index is 0.157. The predicted octanol–water partition coefficient (Wildman–Crippen LogP) is 4.43. The molecule has 0 saturated carbocycles. The summed E-state index contributed by atoms with van der Waals surface area (Å²) in [4.78, 5) is 0. The molecule has 0 bridgehead atoms. The van der Waals surface area contributed by atoms with Crippen molar-refractivity contribution in [3.63, 3.8) is 0 Å². The second kappa shape index (κ2) is 5.32. The van der Waals surface area contributed by atoms with Crippen LogP contribution in [0.1, 0.15) is 28.2 Å². The molecule has 1 atom stereocenters. The Hall–Kier alpha value is -2.92. The number of pyridine rings is 1. The molecule has 116 valence electrons. The van der Waals surface area contributed by atoms with Crippen LogP contribution in [0.5, 0.6) is 0 Å². The number of aryl methyl sites for hydroxylation is 3. The lowest BCUT2D eigenvalue weighted by Gasteiger charge is -2.10. The molecule has 0 saturated heterocycles. The molecule has 3 aromatic rings. The number of benzene rings is 2. The van der Waals surface area contributed by atoms with E-state index in [9.17, 15) is 5.26 Å². The summed E-state index contributed by atoms with van der Waals surface area (Å²) in [5.74, 6) is -0.157. The Kier molecular flexibility index (Phi) is 3.25. The van der Waals surface area contributed by atoms with Crippen molar-refractivity contribution < 1.29 is 4.57 Å². The van der Waals surface area contributed by atoms with E-state index in [1.807, 2.05) is 12.1 Å². The highest BCUT2D eigenvalue weighted by Crippen LogP contribution is 2.46. The number of rotatable bonds is 1. The van der Waals surface area contributed by atoms with Crippen molar-refractivity contribution in [2.45, 2.75) is 19.8 Å². The smallest absolute Gasteiger partial charge is 0.201 e. The van der Waals surface area contributed by atoms with E-state index in [2.05, 4.69) is 74.1 Å². The molecule has 4 rings (SSSR count). The Labute approximate surface area is 142 Å². The van der Waals surface area contributed by atoms with Crippen molar-refractivity contribution in [1.29, 1.82) is 5.26 Å². The van der Waals surface area contributed by atoms with Crippen molar-refractivity contribution in [2.75, 3.05) is 0 Å². The standard InChI is InChI=1S/C22H19N2/c1-14-8-9-22(24(3)13-14)18-11-20-16-6-4-5-7-17(16)21(12-23)19(20)10-15(18)2/h4-11,13,21H,1-3H3/q+1. The molecule has 1 aliphatic carbocycles. The second-order valence-electron chi connectivity index (χ2n) is 6.61. The maximum atomic E-state index is 9.66. The van der Waals surface area contributed by atoms with Gasteiger partial charge in [-0.2, -0.15) is 5.26 Å². The van der Waals surface area contributed by atoms with Gasteiger partial charge in [-0.3, -0.25) is 0 Å². The summed E-state index contributed by atoms with van der Waals surface area (Å²) in [5.41, 5.74) is 9.52. The minimum Gasteiger partial charge on any atom is -0.201 e. The fourth-order valence-electron chi connectivity index (χ4n) is 3.80. The number of nitriles is 1. The van der Waals surface area contributed by atoms with Crippen LogP contribution in [-0.4, -0.2) is 0 Å². The van der Waals surface area contributed by atoms with Crippen molar-refractivity contribution >= 4 is 0 Å². The lowest BCUT2D eigenvalue weighted by atomic mass is 9.93. The van der Waals surface area contributed by atoms with Crippen molar-refractivity contribution in [3.05, 3.63) is 77.0 Å². The van der Waals surface area contributed by atoms with Crippen LogP contribution in [0, 0.1) is 25.2 Å². The third-order valence-electron chi connectivity index (χ3n) is 4.96. The van der Waals surface area contributed by atoms with Crippen LogP contribution in [-0.2, 0) is 7.05 Å². The van der Waals surface area contributed by atoms with Crippen molar-refractivity contribution in [2.24, 2.45) is 7.05 Å². The average molecular weight is 311 g/mol. The highest BCUT2D eigenvalue weighted by atomic mass is 14.9. The Morgan fingerprint density at radius 3 is 2.46 bits per heavy atom. The summed E-state index contributed by atoms with van der Waals surface area (Å²) in [6.45, 7) is 4.24. The second-order valence-corrected chi connectivity index (χ2v) is 6.61. The van der Waals surface area contributed by atoms with Crippen LogP contribution in [0.3, 0.4) is 0 Å². The van der Waals surface area contributed by atoms with Crippen LogP contribution in [0.4, 0.5) is 0 Å². The first-order valence-corrected chi connectivity index (χ1v) is 8.20. The van der Waals surface area contributed by atoms with Crippen LogP contribution >= 0.6 is 0 Å². The first-order chi connectivity index (χ1) is 11.6. The zero-order chi connectivity index (χ0) is 16.8. The normalized spacial score (nSPS) is 14.8. The van der Waals surface area contributed by atoms with Gasteiger partial charge in [0, 0.05) is 17.2 Å². The number of hydrogen-bond acceptors (Lipinski definition) is 1. The van der Waals surface area contributed by atoms with E-state index in [0.717, 1.165) is 11.1 Å². The number of aromatic nitrogens is 1. The zero-order valence-corrected chi connectivity index (χ0v) is 14.2. The van der Waals surface area contributed by atoms with Gasteiger partial charge in [-0.1, -0.05) is 30.3 Å². The molecule has 0 aliphatic heterocycles. The SMILES string of the molecule is Cc1ccc(-c2cc3c(cc2C)C(C#N)c2ccccc2-3)[n+](C)c1. The summed E-state index contributed by atoms with van der Waals surface area (Å²) in [7, 11) is 2.08. The largest absolute Gasteiger partial charge is 0.212 e. The Morgan fingerprint density at radius 1 is 0.917 bits per heavy atom. The van der Waals surface area contributed by atoms with E-state index in [-0.39, 0.29) is 5.92 Å². The van der Waals surface area contributed by atoms with Gasteiger partial charge in [0.05, 0.1) is 12.0 Å². The summed E-state index contributed by atoms with van der Waals surface area (Å²) in [6.07, 6.45) is 2.15. The Bertz CT molecular complexity index is 1010. The molecular weight excluding hydrogens is 292 g/mol. The van der Waals surface area contributed by atoms with Crippen molar-refractivity contribution in [1.82, 2.24) is 0 Å². The Balaban J connectivity index is 1.98. The predicted molar refractivity (Wildman–Crippen MR) is 95.4 cm³/mol. The summed E-state index contributed by atoms with van der Waals surface area (Å²) in [5, 5.41) is 9.66. The quantitative estimate of drug-likeness (QED) is 0.611. The molecule has 1 heterocycles. The molecule has 1 unspecified atom stereocenters. The van der Waals surface area contributed by atoms with Gasteiger partial charge in [0.2, 0.25) is 5.69 Å². The van der Waals surface area contributed by atoms with Crippen molar-refractivity contribution in [3.8, 4) is 28.5 Å². The van der Waals surface area contributed by atoms with Crippen LogP contribution in [0.15, 0.2) is 54.7 Å².